The monoisotopic (exact) mass is 585 g/mol. The minimum Gasteiger partial charge on any atom is -0.468 e. The molecule has 43 heavy (non-hydrogen) atoms. The fraction of sp³-hybridized carbons (Fsp3) is 0.242. The molecule has 0 bridgehead atoms. The standard InChI is InChI=1S/C33H27F3N4O3/c34-33(35,36)20-6-5-7-21(18-20)40-16-14-39(15-17-40)13-12-37-25-19-27-30(38-24-10-3-4-11-26(24)43-27)29-28(25)31(41)22-8-1-2-9-23(22)32(29)42/h1-11,18-19,26,37H,12-17H2/p+1. The quantitative estimate of drug-likeness (QED) is 0.372. The van der Waals surface area contributed by atoms with Crippen molar-refractivity contribution in [3.05, 3.63) is 107 Å². The van der Waals surface area contributed by atoms with Crippen LogP contribution in [-0.2, 0) is 6.18 Å². The van der Waals surface area contributed by atoms with Gasteiger partial charge in [-0.05, 0) is 24.3 Å². The number of carbonyl (C=O) groups is 2. The van der Waals surface area contributed by atoms with Crippen LogP contribution in [-0.4, -0.2) is 67.6 Å². The zero-order valence-corrected chi connectivity index (χ0v) is 23.1. The second-order valence-electron chi connectivity index (χ2n) is 10.9. The molecule has 0 aromatic heterocycles. The Hall–Kier alpha value is -4.70. The summed E-state index contributed by atoms with van der Waals surface area (Å²) in [5.41, 5.74) is 3.09. The first-order valence-electron chi connectivity index (χ1n) is 14.2. The molecular weight excluding hydrogens is 557 g/mol. The second kappa shape index (κ2) is 10.5. The lowest BCUT2D eigenvalue weighted by atomic mass is 9.81. The fourth-order valence-corrected chi connectivity index (χ4v) is 6.10. The molecule has 2 heterocycles. The molecular formula is C33H28F3N4O3+. The van der Waals surface area contributed by atoms with Crippen molar-refractivity contribution in [3.8, 4) is 5.75 Å². The van der Waals surface area contributed by atoms with Crippen molar-refractivity contribution < 1.29 is 32.5 Å². The Bertz CT molecular complexity index is 1740. The Kier molecular flexibility index (Phi) is 6.65. The molecule has 1 unspecified atom stereocenters. The number of rotatable bonds is 5. The molecule has 7 nitrogen and oxygen atoms in total. The summed E-state index contributed by atoms with van der Waals surface area (Å²) in [6.07, 6.45) is 2.89. The molecule has 0 spiro atoms. The van der Waals surface area contributed by atoms with Gasteiger partial charge in [-0.25, -0.2) is 4.99 Å². The van der Waals surface area contributed by atoms with Gasteiger partial charge in [-0.3, -0.25) is 14.5 Å². The van der Waals surface area contributed by atoms with Gasteiger partial charge >= 0.3 is 6.18 Å². The number of nitrogens with zero attached hydrogens (tertiary/aromatic N) is 2. The van der Waals surface area contributed by atoms with Gasteiger partial charge in [0, 0.05) is 68.2 Å². The summed E-state index contributed by atoms with van der Waals surface area (Å²) in [7, 11) is 0. The maximum absolute atomic E-state index is 13.8. The number of alkyl halides is 3. The number of anilines is 2. The lowest BCUT2D eigenvalue weighted by Gasteiger charge is -2.36. The van der Waals surface area contributed by atoms with Crippen LogP contribution >= 0.6 is 0 Å². The van der Waals surface area contributed by atoms with Gasteiger partial charge in [-0.1, -0.05) is 42.5 Å². The average molecular weight is 586 g/mol. The first-order chi connectivity index (χ1) is 20.8. The highest BCUT2D eigenvalue weighted by Crippen LogP contribution is 2.41. The topological polar surface area (TPSA) is 75.9 Å². The summed E-state index contributed by atoms with van der Waals surface area (Å²) in [5, 5.41) is 3.39. The fourth-order valence-electron chi connectivity index (χ4n) is 6.10. The van der Waals surface area contributed by atoms with E-state index in [1.54, 1.807) is 36.4 Å². The van der Waals surface area contributed by atoms with Crippen LogP contribution in [0.5, 0.6) is 5.75 Å². The number of fused-ring (bicyclic) bond motifs is 5. The summed E-state index contributed by atoms with van der Waals surface area (Å²) in [6.45, 7) is 3.70. The first-order valence-corrected chi connectivity index (χ1v) is 14.2. The zero-order chi connectivity index (χ0) is 29.7. The third-order valence-corrected chi connectivity index (χ3v) is 8.32. The van der Waals surface area contributed by atoms with E-state index in [1.807, 2.05) is 29.2 Å². The van der Waals surface area contributed by atoms with Crippen LogP contribution in [0.3, 0.4) is 0 Å². The van der Waals surface area contributed by atoms with Gasteiger partial charge in [0.2, 0.25) is 17.6 Å². The molecule has 4 aliphatic rings. The van der Waals surface area contributed by atoms with Crippen molar-refractivity contribution >= 4 is 34.3 Å². The molecule has 2 aliphatic carbocycles. The van der Waals surface area contributed by atoms with Crippen LogP contribution in [0.2, 0.25) is 0 Å². The van der Waals surface area contributed by atoms with Gasteiger partial charge < -0.3 is 15.0 Å². The summed E-state index contributed by atoms with van der Waals surface area (Å²) < 4.78 is 45.8. The molecule has 2 N–H and O–H groups in total. The van der Waals surface area contributed by atoms with Gasteiger partial charge in [0.15, 0.2) is 11.5 Å². The van der Waals surface area contributed by atoms with Gasteiger partial charge in [0.1, 0.15) is 5.56 Å². The number of allylic oxidation sites excluding steroid dienone is 2. The molecule has 7 rings (SSSR count). The van der Waals surface area contributed by atoms with E-state index in [1.165, 1.54) is 12.1 Å². The number of ketones is 2. The third-order valence-electron chi connectivity index (χ3n) is 8.32. The number of piperazine rings is 1. The van der Waals surface area contributed by atoms with Crippen molar-refractivity contribution in [2.75, 3.05) is 49.5 Å². The van der Waals surface area contributed by atoms with Gasteiger partial charge in [-0.2, -0.15) is 13.2 Å². The highest BCUT2D eigenvalue weighted by atomic mass is 19.4. The molecule has 1 fully saturated rings. The number of halogens is 3. The van der Waals surface area contributed by atoms with E-state index in [0.717, 1.165) is 11.8 Å². The smallest absolute Gasteiger partial charge is 0.416 e. The zero-order valence-electron chi connectivity index (χ0n) is 23.1. The number of carbonyl (C=O) groups excluding carboxylic acids is 2. The van der Waals surface area contributed by atoms with Gasteiger partial charge in [0.25, 0.3) is 5.69 Å². The molecule has 3 aromatic carbocycles. The lowest BCUT2D eigenvalue weighted by molar-refractivity contribution is -0.362. The molecule has 0 saturated carbocycles. The molecule has 1 saturated heterocycles. The van der Waals surface area contributed by atoms with Gasteiger partial charge in [-0.15, -0.1) is 0 Å². The highest BCUT2D eigenvalue weighted by Gasteiger charge is 2.41. The van der Waals surface area contributed by atoms with Crippen molar-refractivity contribution in [3.63, 3.8) is 0 Å². The van der Waals surface area contributed by atoms with Crippen LogP contribution in [0.4, 0.5) is 30.2 Å². The molecule has 2 aliphatic heterocycles. The molecule has 3 aromatic rings. The minimum atomic E-state index is -4.38. The SMILES string of the molecule is O=C1c2ccccc2C(=O)c2c3c(cc(NCCN4CCN(c5cccc(C(F)(F)F)c5)CC4)c21)OC1C=CC=CC1=[NH+]3. The van der Waals surface area contributed by atoms with Crippen molar-refractivity contribution in [1.29, 1.82) is 0 Å². The van der Waals surface area contributed by atoms with E-state index < -0.39 is 11.7 Å². The Labute approximate surface area is 246 Å². The number of hydrogen-bond donors (Lipinski definition) is 2. The van der Waals surface area contributed by atoms with E-state index in [2.05, 4.69) is 15.2 Å². The first kappa shape index (κ1) is 27.2. The van der Waals surface area contributed by atoms with E-state index >= 15 is 0 Å². The number of benzene rings is 3. The van der Waals surface area contributed by atoms with E-state index in [0.29, 0.717) is 84.3 Å². The predicted molar refractivity (Wildman–Crippen MR) is 157 cm³/mol. The van der Waals surface area contributed by atoms with Gasteiger partial charge in [0.05, 0.1) is 16.8 Å². The molecule has 0 radical (unpaired) electrons. The number of ether oxygens (including phenoxy) is 1. The summed E-state index contributed by atoms with van der Waals surface area (Å²) in [5.74, 6) is 0.0321. The van der Waals surface area contributed by atoms with Crippen LogP contribution in [0.15, 0.2) is 78.9 Å². The Morgan fingerprint density at radius 3 is 2.40 bits per heavy atom. The van der Waals surface area contributed by atoms with E-state index in [-0.39, 0.29) is 17.7 Å². The number of hydrogen-bond acceptors (Lipinski definition) is 6. The van der Waals surface area contributed by atoms with Crippen LogP contribution in [0.25, 0.3) is 0 Å². The summed E-state index contributed by atoms with van der Waals surface area (Å²) in [6, 6.07) is 14.1. The molecule has 0 amide bonds. The van der Waals surface area contributed by atoms with E-state index in [9.17, 15) is 22.8 Å². The number of nitrogens with one attached hydrogen (secondary N) is 2. The molecule has 218 valence electrons. The second-order valence-corrected chi connectivity index (χ2v) is 10.9. The van der Waals surface area contributed by atoms with Crippen molar-refractivity contribution in [1.82, 2.24) is 4.90 Å². The highest BCUT2D eigenvalue weighted by molar-refractivity contribution is 6.32. The van der Waals surface area contributed by atoms with Crippen LogP contribution in [0.1, 0.15) is 37.4 Å². The van der Waals surface area contributed by atoms with E-state index in [4.69, 9.17) is 4.74 Å². The Balaban J connectivity index is 1.10. The lowest BCUT2D eigenvalue weighted by Crippen LogP contribution is -2.72. The molecule has 10 heteroatoms. The van der Waals surface area contributed by atoms with Crippen molar-refractivity contribution in [2.24, 2.45) is 0 Å². The normalized spacial score (nSPS) is 19.2. The van der Waals surface area contributed by atoms with Crippen molar-refractivity contribution in [2.45, 2.75) is 12.3 Å². The summed E-state index contributed by atoms with van der Waals surface area (Å²) >= 11 is 0. The summed E-state index contributed by atoms with van der Waals surface area (Å²) in [4.78, 5) is 35.1. The average Bonchev–Trinajstić information content (AvgIpc) is 3.02. The third kappa shape index (κ3) is 4.91. The Morgan fingerprint density at radius 2 is 1.65 bits per heavy atom. The Morgan fingerprint density at radius 1 is 0.907 bits per heavy atom. The molecule has 1 atom stereocenters. The maximum atomic E-state index is 13.8. The maximum Gasteiger partial charge on any atom is 0.416 e. The minimum absolute atomic E-state index is 0.224. The van der Waals surface area contributed by atoms with Crippen LogP contribution in [0, 0.1) is 0 Å². The van der Waals surface area contributed by atoms with Crippen LogP contribution < -0.4 is 19.9 Å². The predicted octanol–water partition coefficient (Wildman–Crippen LogP) is 3.76. The largest absolute Gasteiger partial charge is 0.468 e.